The fraction of sp³-hybridized carbons (Fsp3) is 0.375. The number of aromatic nitrogens is 2. The summed E-state index contributed by atoms with van der Waals surface area (Å²) in [4.78, 5) is 36.9. The number of rotatable bonds is 6. The number of aromatic amines is 1. The zero-order valence-corrected chi connectivity index (χ0v) is 18.3. The Morgan fingerprint density at radius 1 is 1.21 bits per heavy atom. The van der Waals surface area contributed by atoms with E-state index in [1.165, 1.54) is 12.1 Å². The van der Waals surface area contributed by atoms with Crippen LogP contribution in [0.3, 0.4) is 0 Å². The molecule has 2 aliphatic rings. The van der Waals surface area contributed by atoms with Crippen LogP contribution in [0.5, 0.6) is 0 Å². The van der Waals surface area contributed by atoms with Crippen LogP contribution in [0.1, 0.15) is 28.9 Å². The van der Waals surface area contributed by atoms with Crippen molar-refractivity contribution in [3.8, 4) is 0 Å². The quantitative estimate of drug-likeness (QED) is 0.533. The second-order valence-electron chi connectivity index (χ2n) is 8.77. The highest BCUT2D eigenvalue weighted by molar-refractivity contribution is 5.98. The van der Waals surface area contributed by atoms with E-state index in [4.69, 9.17) is 0 Å². The number of halogens is 1. The minimum absolute atomic E-state index is 0.106. The minimum Gasteiger partial charge on any atom is -0.351 e. The molecule has 5 rings (SSSR count). The Balaban J connectivity index is 1.13. The molecule has 0 radical (unpaired) electrons. The fourth-order valence-corrected chi connectivity index (χ4v) is 4.88. The highest BCUT2D eigenvalue weighted by atomic mass is 19.1. The summed E-state index contributed by atoms with van der Waals surface area (Å²) in [6, 6.07) is 10.0. The maximum Gasteiger partial charge on any atom is 0.267 e. The number of hydrogen-bond acceptors (Lipinski definition) is 5. The fourth-order valence-electron chi connectivity index (χ4n) is 4.88. The van der Waals surface area contributed by atoms with Crippen molar-refractivity contribution >= 4 is 22.7 Å². The second kappa shape index (κ2) is 8.92. The van der Waals surface area contributed by atoms with Crippen LogP contribution in [-0.2, 0) is 11.3 Å². The molecule has 0 unspecified atom stereocenters. The van der Waals surface area contributed by atoms with E-state index in [0.717, 1.165) is 37.0 Å². The van der Waals surface area contributed by atoms with Gasteiger partial charge in [0.2, 0.25) is 5.91 Å². The van der Waals surface area contributed by atoms with Gasteiger partial charge in [0.25, 0.3) is 5.91 Å². The van der Waals surface area contributed by atoms with Gasteiger partial charge in [0.15, 0.2) is 0 Å². The lowest BCUT2D eigenvalue weighted by atomic mass is 9.86. The zero-order chi connectivity index (χ0) is 22.8. The van der Waals surface area contributed by atoms with Crippen molar-refractivity contribution < 1.29 is 14.0 Å². The number of nitrogens with zero attached hydrogens (tertiary/aromatic N) is 3. The smallest absolute Gasteiger partial charge is 0.267 e. The topological polar surface area (TPSA) is 93.4 Å². The Morgan fingerprint density at radius 2 is 2.06 bits per heavy atom. The van der Waals surface area contributed by atoms with Gasteiger partial charge in [0, 0.05) is 56.0 Å². The van der Waals surface area contributed by atoms with E-state index >= 15 is 0 Å². The number of H-pyrrole nitrogens is 1. The number of pyridine rings is 1. The van der Waals surface area contributed by atoms with E-state index in [9.17, 15) is 14.0 Å². The van der Waals surface area contributed by atoms with Crippen molar-refractivity contribution in [3.05, 3.63) is 65.9 Å². The largest absolute Gasteiger partial charge is 0.351 e. The van der Waals surface area contributed by atoms with Crippen LogP contribution in [0.25, 0.3) is 10.9 Å². The molecule has 4 heterocycles. The molecule has 2 aromatic heterocycles. The van der Waals surface area contributed by atoms with E-state index in [2.05, 4.69) is 30.4 Å². The Bertz CT molecular complexity index is 1160. The number of piperidine rings is 1. The van der Waals surface area contributed by atoms with Crippen LogP contribution >= 0.6 is 0 Å². The Kier molecular flexibility index (Phi) is 5.82. The van der Waals surface area contributed by atoms with E-state index in [0.29, 0.717) is 37.4 Å². The first-order valence-electron chi connectivity index (χ1n) is 11.2. The predicted molar refractivity (Wildman–Crippen MR) is 122 cm³/mol. The van der Waals surface area contributed by atoms with Crippen LogP contribution < -0.4 is 10.6 Å². The molecule has 1 spiro atoms. The molecule has 2 aliphatic heterocycles. The van der Waals surface area contributed by atoms with Gasteiger partial charge in [0.05, 0.1) is 6.67 Å². The molecule has 33 heavy (non-hydrogen) atoms. The second-order valence-corrected chi connectivity index (χ2v) is 8.77. The van der Waals surface area contributed by atoms with Gasteiger partial charge in [-0.3, -0.25) is 19.5 Å². The number of fused-ring (bicyclic) bond motifs is 1. The molecule has 1 aromatic carbocycles. The van der Waals surface area contributed by atoms with Gasteiger partial charge in [-0.15, -0.1) is 0 Å². The van der Waals surface area contributed by atoms with Crippen LogP contribution in [0.4, 0.5) is 4.39 Å². The molecular formula is C24H27FN6O2. The predicted octanol–water partition coefficient (Wildman–Crippen LogP) is 1.86. The molecule has 3 aromatic rings. The lowest BCUT2D eigenvalue weighted by molar-refractivity contribution is -0.129. The van der Waals surface area contributed by atoms with Gasteiger partial charge in [-0.2, -0.15) is 0 Å². The van der Waals surface area contributed by atoms with Crippen molar-refractivity contribution in [2.75, 3.05) is 32.8 Å². The number of amides is 2. The molecule has 9 heteroatoms. The van der Waals surface area contributed by atoms with Gasteiger partial charge >= 0.3 is 0 Å². The highest BCUT2D eigenvalue weighted by Gasteiger charge is 2.49. The van der Waals surface area contributed by atoms with E-state index in [1.54, 1.807) is 18.3 Å². The van der Waals surface area contributed by atoms with E-state index < -0.39 is 5.54 Å². The van der Waals surface area contributed by atoms with Crippen molar-refractivity contribution in [1.82, 2.24) is 30.4 Å². The molecule has 0 aliphatic carbocycles. The van der Waals surface area contributed by atoms with Crippen molar-refractivity contribution in [3.63, 3.8) is 0 Å². The SMILES string of the molecule is O=C(NCCN1CCC2(CC1)C(=O)NCN2Cc1cccnc1)c1cc2cc(F)ccc2[nH]1. The molecular weight excluding hydrogens is 423 g/mol. The molecule has 172 valence electrons. The van der Waals surface area contributed by atoms with Gasteiger partial charge in [-0.05, 0) is 48.7 Å². The first-order chi connectivity index (χ1) is 16.0. The maximum atomic E-state index is 13.4. The van der Waals surface area contributed by atoms with Crippen LogP contribution in [0.2, 0.25) is 0 Å². The zero-order valence-electron chi connectivity index (χ0n) is 18.3. The molecule has 2 fully saturated rings. The van der Waals surface area contributed by atoms with Gasteiger partial charge in [-0.1, -0.05) is 6.07 Å². The average Bonchev–Trinajstić information content (AvgIpc) is 3.38. The summed E-state index contributed by atoms with van der Waals surface area (Å²) in [6.07, 6.45) is 5.10. The molecule has 2 amide bonds. The first-order valence-corrected chi connectivity index (χ1v) is 11.2. The first kappa shape index (κ1) is 21.5. The third-order valence-corrected chi connectivity index (χ3v) is 6.78. The van der Waals surface area contributed by atoms with E-state index in [1.807, 2.05) is 18.3 Å². The molecule has 3 N–H and O–H groups in total. The molecule has 2 saturated heterocycles. The monoisotopic (exact) mass is 450 g/mol. The maximum absolute atomic E-state index is 13.4. The van der Waals surface area contributed by atoms with E-state index in [-0.39, 0.29) is 17.6 Å². The normalized spacial score (nSPS) is 18.6. The molecule has 8 nitrogen and oxygen atoms in total. The number of benzene rings is 1. The average molecular weight is 451 g/mol. The summed E-state index contributed by atoms with van der Waals surface area (Å²) >= 11 is 0. The standard InChI is InChI=1S/C24H27FN6O2/c25-19-3-4-20-18(12-19)13-21(29-20)22(32)27-8-11-30-9-5-24(6-10-30)23(33)28-16-31(24)15-17-2-1-7-26-14-17/h1-4,7,12-14,29H,5-6,8-11,15-16H2,(H,27,32)(H,28,33). The Morgan fingerprint density at radius 3 is 2.85 bits per heavy atom. The van der Waals surface area contributed by atoms with Crippen molar-refractivity contribution in [1.29, 1.82) is 0 Å². The highest BCUT2D eigenvalue weighted by Crippen LogP contribution is 2.33. The van der Waals surface area contributed by atoms with Gasteiger partial charge in [-0.25, -0.2) is 4.39 Å². The molecule has 0 bridgehead atoms. The van der Waals surface area contributed by atoms with Crippen molar-refractivity contribution in [2.45, 2.75) is 24.9 Å². The minimum atomic E-state index is -0.477. The van der Waals surface area contributed by atoms with Crippen molar-refractivity contribution in [2.24, 2.45) is 0 Å². The van der Waals surface area contributed by atoms with Crippen LogP contribution in [0.15, 0.2) is 48.8 Å². The number of likely N-dealkylation sites (tertiary alicyclic amines) is 1. The number of hydrogen-bond donors (Lipinski definition) is 3. The molecule has 0 atom stereocenters. The Labute approximate surface area is 191 Å². The van der Waals surface area contributed by atoms with Gasteiger partial charge in [0.1, 0.15) is 17.1 Å². The number of carbonyl (C=O) groups excluding carboxylic acids is 2. The van der Waals surface area contributed by atoms with Crippen LogP contribution in [-0.4, -0.2) is 70.0 Å². The Hall–Kier alpha value is -3.30. The number of nitrogens with one attached hydrogen (secondary N) is 3. The summed E-state index contributed by atoms with van der Waals surface area (Å²) in [5.41, 5.74) is 1.77. The summed E-state index contributed by atoms with van der Waals surface area (Å²) < 4.78 is 13.4. The summed E-state index contributed by atoms with van der Waals surface area (Å²) in [5.74, 6) is -0.432. The lowest BCUT2D eigenvalue weighted by Gasteiger charge is -2.42. The molecule has 0 saturated carbocycles. The third-order valence-electron chi connectivity index (χ3n) is 6.78. The summed E-state index contributed by atoms with van der Waals surface area (Å²) in [7, 11) is 0. The third kappa shape index (κ3) is 4.34. The number of carbonyl (C=O) groups is 2. The van der Waals surface area contributed by atoms with Gasteiger partial charge < -0.3 is 20.5 Å². The van der Waals surface area contributed by atoms with Crippen LogP contribution in [0, 0.1) is 5.82 Å². The summed E-state index contributed by atoms with van der Waals surface area (Å²) in [6.45, 7) is 4.04. The summed E-state index contributed by atoms with van der Waals surface area (Å²) in [5, 5.41) is 6.62. The lowest BCUT2D eigenvalue weighted by Crippen LogP contribution is -2.56.